The summed E-state index contributed by atoms with van der Waals surface area (Å²) < 4.78 is 5.28. The normalized spacial score (nSPS) is 13.4. The number of amides is 3. The van der Waals surface area contributed by atoms with Crippen LogP contribution in [-0.2, 0) is 32.1 Å². The number of alkyl carbamates (subject to hydrolysis) is 1. The van der Waals surface area contributed by atoms with Gasteiger partial charge in [0.25, 0.3) is 0 Å². The van der Waals surface area contributed by atoms with Crippen molar-refractivity contribution in [3.8, 4) is 0 Å². The van der Waals surface area contributed by atoms with E-state index in [2.05, 4.69) is 16.0 Å². The van der Waals surface area contributed by atoms with Gasteiger partial charge in [-0.05, 0) is 42.2 Å². The number of nitrogens with one attached hydrogen (secondary N) is 3. The molecule has 2 aromatic carbocycles. The Hall–Kier alpha value is -3.68. The van der Waals surface area contributed by atoms with Gasteiger partial charge in [0.05, 0.1) is 6.04 Å². The van der Waals surface area contributed by atoms with Crippen LogP contribution in [0.3, 0.4) is 0 Å². The highest BCUT2D eigenvalue weighted by molar-refractivity contribution is 5.92. The van der Waals surface area contributed by atoms with Gasteiger partial charge >= 0.3 is 6.09 Å². The van der Waals surface area contributed by atoms with Gasteiger partial charge in [0.1, 0.15) is 25.0 Å². The largest absolute Gasteiger partial charge is 0.445 e. The first-order valence-electron chi connectivity index (χ1n) is 12.7. The van der Waals surface area contributed by atoms with E-state index >= 15 is 0 Å². The van der Waals surface area contributed by atoms with Crippen LogP contribution >= 0.6 is 0 Å². The summed E-state index contributed by atoms with van der Waals surface area (Å²) in [5, 5.41) is 8.18. The molecule has 0 saturated carbocycles. The van der Waals surface area contributed by atoms with Crippen molar-refractivity contribution in [3.63, 3.8) is 0 Å². The minimum absolute atomic E-state index is 0.0789. The molecule has 3 atom stereocenters. The maximum atomic E-state index is 13.2. The molecule has 0 aliphatic heterocycles. The Balaban J connectivity index is 2.04. The molecule has 0 fully saturated rings. The topological polar surface area (TPSA) is 114 Å². The lowest BCUT2D eigenvalue weighted by Gasteiger charge is -2.26. The van der Waals surface area contributed by atoms with Crippen molar-refractivity contribution in [2.45, 2.75) is 71.7 Å². The van der Waals surface area contributed by atoms with Gasteiger partial charge in [-0.3, -0.25) is 9.59 Å². The third kappa shape index (κ3) is 11.3. The van der Waals surface area contributed by atoms with Crippen LogP contribution in [0.5, 0.6) is 0 Å². The molecule has 3 N–H and O–H groups in total. The van der Waals surface area contributed by atoms with E-state index in [1.165, 1.54) is 0 Å². The minimum atomic E-state index is -0.878. The molecule has 0 heterocycles. The van der Waals surface area contributed by atoms with E-state index < -0.39 is 36.0 Å². The maximum Gasteiger partial charge on any atom is 0.408 e. The molecule has 0 aliphatic carbocycles. The molecule has 2 aromatic rings. The summed E-state index contributed by atoms with van der Waals surface area (Å²) >= 11 is 0. The zero-order valence-corrected chi connectivity index (χ0v) is 22.1. The lowest BCUT2D eigenvalue weighted by molar-refractivity contribution is -0.131. The Bertz CT molecular complexity index is 995. The number of ether oxygens (including phenoxy) is 1. The van der Waals surface area contributed by atoms with E-state index in [1.54, 1.807) is 0 Å². The smallest absolute Gasteiger partial charge is 0.408 e. The number of carbonyl (C=O) groups is 4. The maximum absolute atomic E-state index is 13.2. The summed E-state index contributed by atoms with van der Waals surface area (Å²) in [6.07, 6.45) is 1.08. The monoisotopic (exact) mass is 509 g/mol. The highest BCUT2D eigenvalue weighted by atomic mass is 16.5. The number of hydrogen-bond acceptors (Lipinski definition) is 5. The van der Waals surface area contributed by atoms with E-state index in [4.69, 9.17) is 4.74 Å². The van der Waals surface area contributed by atoms with E-state index in [0.29, 0.717) is 25.5 Å². The van der Waals surface area contributed by atoms with Crippen molar-refractivity contribution < 1.29 is 23.9 Å². The van der Waals surface area contributed by atoms with Crippen molar-refractivity contribution in [1.29, 1.82) is 0 Å². The van der Waals surface area contributed by atoms with Gasteiger partial charge in [-0.2, -0.15) is 0 Å². The van der Waals surface area contributed by atoms with Crippen LogP contribution in [0.1, 0.15) is 51.7 Å². The SMILES string of the molecule is CC(C)C[C@H](NC(=O)OCc1ccccc1)C(=O)N[C@@H](CC(C)C)C(=O)N[C@H](C=O)Cc1ccccc1. The second-order valence-electron chi connectivity index (χ2n) is 10.0. The first-order valence-corrected chi connectivity index (χ1v) is 12.7. The summed E-state index contributed by atoms with van der Waals surface area (Å²) in [5.74, 6) is -0.707. The predicted octanol–water partition coefficient (Wildman–Crippen LogP) is 3.78. The van der Waals surface area contributed by atoms with E-state index in [1.807, 2.05) is 88.4 Å². The van der Waals surface area contributed by atoms with Gasteiger partial charge < -0.3 is 25.5 Å². The number of hydrogen-bond donors (Lipinski definition) is 3. The van der Waals surface area contributed by atoms with Crippen LogP contribution in [0.2, 0.25) is 0 Å². The second-order valence-corrected chi connectivity index (χ2v) is 10.0. The highest BCUT2D eigenvalue weighted by Gasteiger charge is 2.29. The molecule has 0 aliphatic rings. The number of carbonyl (C=O) groups excluding carboxylic acids is 4. The van der Waals surface area contributed by atoms with E-state index in [0.717, 1.165) is 11.1 Å². The van der Waals surface area contributed by atoms with Crippen molar-refractivity contribution in [2.75, 3.05) is 0 Å². The Morgan fingerprint density at radius 2 is 1.22 bits per heavy atom. The summed E-state index contributed by atoms with van der Waals surface area (Å²) in [6.45, 7) is 7.84. The van der Waals surface area contributed by atoms with Crippen LogP contribution in [0.15, 0.2) is 60.7 Å². The fourth-order valence-corrected chi connectivity index (χ4v) is 3.87. The molecule has 200 valence electrons. The molecule has 8 nitrogen and oxygen atoms in total. The standard InChI is InChI=1S/C29H39N3O5/c1-20(2)15-25(27(34)30-24(18-33)17-22-11-7-5-8-12-22)31-28(35)26(16-21(3)4)32-29(36)37-19-23-13-9-6-10-14-23/h5-14,18,20-21,24-26H,15-17,19H2,1-4H3,(H,30,34)(H,31,35)(H,32,36)/t24-,25-,26-/m0/s1. The van der Waals surface area contributed by atoms with Crippen molar-refractivity contribution >= 4 is 24.2 Å². The molecule has 0 bridgehead atoms. The Labute approximate surface area is 219 Å². The van der Waals surface area contributed by atoms with Gasteiger partial charge in [0.15, 0.2) is 0 Å². The van der Waals surface area contributed by atoms with Gasteiger partial charge in [-0.1, -0.05) is 88.4 Å². The average Bonchev–Trinajstić information content (AvgIpc) is 2.86. The molecule has 0 spiro atoms. The average molecular weight is 510 g/mol. The Kier molecular flexibility index (Phi) is 12.3. The van der Waals surface area contributed by atoms with Crippen LogP contribution in [0.4, 0.5) is 4.79 Å². The van der Waals surface area contributed by atoms with Crippen LogP contribution in [-0.4, -0.2) is 42.3 Å². The Morgan fingerprint density at radius 1 is 0.730 bits per heavy atom. The number of aldehydes is 1. The van der Waals surface area contributed by atoms with E-state index in [9.17, 15) is 19.2 Å². The fraction of sp³-hybridized carbons (Fsp3) is 0.448. The molecule has 2 rings (SSSR count). The molecule has 8 heteroatoms. The zero-order chi connectivity index (χ0) is 27.2. The van der Waals surface area contributed by atoms with Gasteiger partial charge in [0, 0.05) is 0 Å². The third-order valence-electron chi connectivity index (χ3n) is 5.66. The summed E-state index contributed by atoms with van der Waals surface area (Å²) in [4.78, 5) is 50.4. The molecule has 0 radical (unpaired) electrons. The van der Waals surface area contributed by atoms with Crippen molar-refractivity contribution in [2.24, 2.45) is 11.8 Å². The van der Waals surface area contributed by atoms with Gasteiger partial charge in [-0.25, -0.2) is 4.79 Å². The molecular weight excluding hydrogens is 470 g/mol. The second kappa shape index (κ2) is 15.4. The third-order valence-corrected chi connectivity index (χ3v) is 5.66. The zero-order valence-electron chi connectivity index (χ0n) is 22.1. The van der Waals surface area contributed by atoms with Crippen LogP contribution in [0, 0.1) is 11.8 Å². The molecule has 0 unspecified atom stereocenters. The van der Waals surface area contributed by atoms with E-state index in [-0.39, 0.29) is 18.4 Å². The van der Waals surface area contributed by atoms with Crippen molar-refractivity contribution in [3.05, 3.63) is 71.8 Å². The molecule has 3 amide bonds. The number of benzene rings is 2. The fourth-order valence-electron chi connectivity index (χ4n) is 3.87. The lowest BCUT2D eigenvalue weighted by atomic mass is 9.99. The summed E-state index contributed by atoms with van der Waals surface area (Å²) in [6, 6.07) is 16.2. The predicted molar refractivity (Wildman–Crippen MR) is 143 cm³/mol. The van der Waals surface area contributed by atoms with Crippen LogP contribution in [0.25, 0.3) is 0 Å². The summed E-state index contributed by atoms with van der Waals surface area (Å²) in [7, 11) is 0. The molecule has 0 aromatic heterocycles. The minimum Gasteiger partial charge on any atom is -0.445 e. The van der Waals surface area contributed by atoms with Crippen LogP contribution < -0.4 is 16.0 Å². The molecular formula is C29H39N3O5. The number of rotatable bonds is 14. The summed E-state index contributed by atoms with van der Waals surface area (Å²) in [5.41, 5.74) is 1.75. The van der Waals surface area contributed by atoms with Gasteiger partial charge in [0.2, 0.25) is 11.8 Å². The molecule has 0 saturated heterocycles. The molecule has 37 heavy (non-hydrogen) atoms. The van der Waals surface area contributed by atoms with Crippen molar-refractivity contribution in [1.82, 2.24) is 16.0 Å². The quantitative estimate of drug-likeness (QED) is 0.336. The first-order chi connectivity index (χ1) is 17.7. The Morgan fingerprint density at radius 3 is 1.73 bits per heavy atom. The van der Waals surface area contributed by atoms with Gasteiger partial charge in [-0.15, -0.1) is 0 Å². The highest BCUT2D eigenvalue weighted by Crippen LogP contribution is 2.11. The lowest BCUT2D eigenvalue weighted by Crippen LogP contribution is -2.55. The first kappa shape index (κ1) is 29.5.